The van der Waals surface area contributed by atoms with Crippen LogP contribution < -0.4 is 0 Å². The van der Waals surface area contributed by atoms with Crippen molar-refractivity contribution in [3.8, 4) is 6.07 Å². The van der Waals surface area contributed by atoms with E-state index in [1.165, 1.54) is 17.0 Å². The Labute approximate surface area is 141 Å². The van der Waals surface area contributed by atoms with Crippen LogP contribution in [0.1, 0.15) is 53.3 Å². The van der Waals surface area contributed by atoms with Gasteiger partial charge in [-0.2, -0.15) is 5.26 Å². The largest absolute Gasteiger partial charge is 0.346 e. The number of allylic oxidation sites excluding steroid dienone is 4. The van der Waals surface area contributed by atoms with Crippen molar-refractivity contribution in [2.75, 3.05) is 0 Å². The standard InChI is InChI=1S/C10H15N.C5H3NS.2C2H6/c1-4-10-7-5-6-8-11(10)9(2)3;6-4-5-2-1-3-7-5;2*1-2/h4-9H,1-3H3;1-3H;2*1-2H3/b10-4-;;;. The molecule has 0 N–H and O–H groups in total. The molecular formula is C19H30N2S. The van der Waals surface area contributed by atoms with Gasteiger partial charge in [-0.05, 0) is 44.4 Å². The third-order valence-electron chi connectivity index (χ3n) is 2.41. The van der Waals surface area contributed by atoms with Crippen LogP contribution in [0, 0.1) is 11.3 Å². The van der Waals surface area contributed by atoms with Crippen LogP contribution in [0.15, 0.2) is 53.7 Å². The molecule has 0 fully saturated rings. The van der Waals surface area contributed by atoms with Gasteiger partial charge in [-0.15, -0.1) is 11.3 Å². The summed E-state index contributed by atoms with van der Waals surface area (Å²) in [7, 11) is 0. The van der Waals surface area contributed by atoms with Crippen molar-refractivity contribution >= 4 is 11.3 Å². The highest BCUT2D eigenvalue weighted by molar-refractivity contribution is 7.10. The number of nitriles is 1. The first-order valence-corrected chi connectivity index (χ1v) is 8.80. The average Bonchev–Trinajstić information content (AvgIpc) is 3.12. The van der Waals surface area contributed by atoms with Crippen LogP contribution >= 0.6 is 11.3 Å². The van der Waals surface area contributed by atoms with Crippen LogP contribution in [0.4, 0.5) is 0 Å². The van der Waals surface area contributed by atoms with Crippen LogP contribution in [0.25, 0.3) is 0 Å². The van der Waals surface area contributed by atoms with Crippen molar-refractivity contribution < 1.29 is 0 Å². The van der Waals surface area contributed by atoms with Crippen LogP contribution in [0.2, 0.25) is 0 Å². The Kier molecular flexibility index (Phi) is 15.9. The number of rotatable bonds is 1. The normalized spacial score (nSPS) is 13.2. The molecule has 0 saturated heterocycles. The minimum Gasteiger partial charge on any atom is -0.346 e. The highest BCUT2D eigenvalue weighted by Gasteiger charge is 2.08. The van der Waals surface area contributed by atoms with Gasteiger partial charge in [-0.1, -0.05) is 45.9 Å². The second-order valence-electron chi connectivity index (χ2n) is 4.00. The molecule has 2 heterocycles. The highest BCUT2D eigenvalue weighted by atomic mass is 32.1. The maximum Gasteiger partial charge on any atom is 0.110 e. The molecule has 3 heteroatoms. The van der Waals surface area contributed by atoms with E-state index in [0.29, 0.717) is 6.04 Å². The molecule has 0 saturated carbocycles. The molecule has 122 valence electrons. The Bertz CT molecular complexity index is 474. The van der Waals surface area contributed by atoms with E-state index in [2.05, 4.69) is 56.2 Å². The minimum absolute atomic E-state index is 0.544. The molecular weight excluding hydrogens is 288 g/mol. The van der Waals surface area contributed by atoms with Gasteiger partial charge in [-0.3, -0.25) is 0 Å². The van der Waals surface area contributed by atoms with Crippen molar-refractivity contribution in [1.29, 1.82) is 5.26 Å². The molecule has 1 aromatic heterocycles. The number of nitrogens with zero attached hydrogens (tertiary/aromatic N) is 2. The van der Waals surface area contributed by atoms with Crippen molar-refractivity contribution in [3.05, 3.63) is 58.6 Å². The summed E-state index contributed by atoms with van der Waals surface area (Å²) in [6.45, 7) is 14.4. The van der Waals surface area contributed by atoms with Gasteiger partial charge >= 0.3 is 0 Å². The van der Waals surface area contributed by atoms with E-state index >= 15 is 0 Å². The quantitative estimate of drug-likeness (QED) is 0.602. The molecule has 1 aliphatic rings. The lowest BCUT2D eigenvalue weighted by atomic mass is 10.2. The van der Waals surface area contributed by atoms with E-state index in [1.807, 2.05) is 45.2 Å². The van der Waals surface area contributed by atoms with E-state index in [4.69, 9.17) is 5.26 Å². The number of thiophene rings is 1. The van der Waals surface area contributed by atoms with Gasteiger partial charge in [0.2, 0.25) is 0 Å². The minimum atomic E-state index is 0.544. The average molecular weight is 319 g/mol. The van der Waals surface area contributed by atoms with Gasteiger partial charge in [0.15, 0.2) is 0 Å². The molecule has 0 bridgehead atoms. The zero-order valence-corrected chi connectivity index (χ0v) is 15.8. The molecule has 0 aliphatic carbocycles. The maximum atomic E-state index is 8.19. The second kappa shape index (κ2) is 15.6. The summed E-state index contributed by atoms with van der Waals surface area (Å²) in [5.41, 5.74) is 1.28. The predicted molar refractivity (Wildman–Crippen MR) is 101 cm³/mol. The molecule has 0 unspecified atom stereocenters. The van der Waals surface area contributed by atoms with E-state index in [-0.39, 0.29) is 0 Å². The smallest absolute Gasteiger partial charge is 0.110 e. The summed E-state index contributed by atoms with van der Waals surface area (Å²) >= 11 is 1.46. The fourth-order valence-corrected chi connectivity index (χ4v) is 2.04. The Hall–Kier alpha value is -1.79. The Morgan fingerprint density at radius 3 is 2.14 bits per heavy atom. The highest BCUT2D eigenvalue weighted by Crippen LogP contribution is 2.15. The Balaban J connectivity index is 0. The Morgan fingerprint density at radius 1 is 1.18 bits per heavy atom. The zero-order valence-electron chi connectivity index (χ0n) is 15.0. The summed E-state index contributed by atoms with van der Waals surface area (Å²) < 4.78 is 0. The predicted octanol–water partition coefficient (Wildman–Crippen LogP) is 6.36. The van der Waals surface area contributed by atoms with Gasteiger partial charge < -0.3 is 4.90 Å². The van der Waals surface area contributed by atoms with E-state index in [1.54, 1.807) is 6.07 Å². The molecule has 0 radical (unpaired) electrons. The summed E-state index contributed by atoms with van der Waals surface area (Å²) in [4.78, 5) is 3.03. The summed E-state index contributed by atoms with van der Waals surface area (Å²) in [6, 6.07) is 6.23. The molecule has 0 aromatic carbocycles. The first-order chi connectivity index (χ1) is 10.7. The van der Waals surface area contributed by atoms with Crippen molar-refractivity contribution in [1.82, 2.24) is 4.90 Å². The van der Waals surface area contributed by atoms with Gasteiger partial charge in [0.25, 0.3) is 0 Å². The van der Waals surface area contributed by atoms with Gasteiger partial charge in [0.05, 0.1) is 0 Å². The lowest BCUT2D eigenvalue weighted by Crippen LogP contribution is -2.24. The molecule has 0 atom stereocenters. The Morgan fingerprint density at radius 2 is 1.82 bits per heavy atom. The molecule has 2 nitrogen and oxygen atoms in total. The monoisotopic (exact) mass is 318 g/mol. The van der Waals surface area contributed by atoms with Crippen LogP contribution in [-0.4, -0.2) is 10.9 Å². The van der Waals surface area contributed by atoms with Gasteiger partial charge in [0.1, 0.15) is 10.9 Å². The fraction of sp³-hybridized carbons (Fsp3) is 0.421. The number of hydrogen-bond acceptors (Lipinski definition) is 3. The van der Waals surface area contributed by atoms with Gasteiger partial charge in [0, 0.05) is 17.9 Å². The van der Waals surface area contributed by atoms with Crippen molar-refractivity contribution in [2.45, 2.75) is 54.5 Å². The first kappa shape index (κ1) is 22.5. The van der Waals surface area contributed by atoms with Crippen molar-refractivity contribution in [3.63, 3.8) is 0 Å². The summed E-state index contributed by atoms with van der Waals surface area (Å²) in [5, 5.41) is 10.1. The molecule has 1 aliphatic heterocycles. The number of hydrogen-bond donors (Lipinski definition) is 0. The first-order valence-electron chi connectivity index (χ1n) is 7.92. The second-order valence-corrected chi connectivity index (χ2v) is 4.95. The fourth-order valence-electron chi connectivity index (χ4n) is 1.53. The third-order valence-corrected chi connectivity index (χ3v) is 3.18. The molecule has 0 amide bonds. The molecule has 0 spiro atoms. The lowest BCUT2D eigenvalue weighted by Gasteiger charge is -2.27. The van der Waals surface area contributed by atoms with Crippen molar-refractivity contribution in [2.24, 2.45) is 0 Å². The maximum absolute atomic E-state index is 8.19. The topological polar surface area (TPSA) is 27.0 Å². The summed E-state index contributed by atoms with van der Waals surface area (Å²) in [5.74, 6) is 0. The van der Waals surface area contributed by atoms with Crippen LogP contribution in [0.5, 0.6) is 0 Å². The van der Waals surface area contributed by atoms with E-state index < -0.39 is 0 Å². The van der Waals surface area contributed by atoms with E-state index in [0.717, 1.165) is 4.88 Å². The van der Waals surface area contributed by atoms with E-state index in [9.17, 15) is 0 Å². The molecule has 2 rings (SSSR count). The molecule has 22 heavy (non-hydrogen) atoms. The SMILES string of the molecule is C/C=C1/C=CC=CN1C(C)C.CC.CC.N#Cc1cccs1. The lowest BCUT2D eigenvalue weighted by molar-refractivity contribution is 0.392. The summed E-state index contributed by atoms with van der Waals surface area (Å²) in [6.07, 6.45) is 10.5. The third kappa shape index (κ3) is 9.20. The van der Waals surface area contributed by atoms with Crippen LogP contribution in [-0.2, 0) is 0 Å². The van der Waals surface area contributed by atoms with Crippen LogP contribution in [0.3, 0.4) is 0 Å². The molecule has 1 aromatic rings. The van der Waals surface area contributed by atoms with Gasteiger partial charge in [-0.25, -0.2) is 0 Å². The zero-order chi connectivity index (χ0) is 17.4.